The smallest absolute Gasteiger partial charge is 0.0682 e. The summed E-state index contributed by atoms with van der Waals surface area (Å²) in [6.45, 7) is 19.1. The first-order valence-corrected chi connectivity index (χ1v) is 33.4. The molecule has 0 aliphatic carbocycles. The molecule has 39 heavy (non-hydrogen) atoms. The molecule has 0 bridgehead atoms. The third-order valence-corrected chi connectivity index (χ3v) is 23.0. The van der Waals surface area contributed by atoms with Gasteiger partial charge in [-0.25, -0.2) is 0 Å². The van der Waals surface area contributed by atoms with Crippen molar-refractivity contribution < 1.29 is 136 Å². The molecule has 0 fully saturated rings. The minimum Gasteiger partial charge on any atom is -0.373 e. The standard InChI is InChI=1S/3C4H9.C2H13OP7.C2H9OP3.H7P5.6W/c3*1-4(2)3;4-9-7-1-3-2-8-10(5)6;4-1-3-2-6-5;1-4-5(2)3;;;;;;/h3*1-3H3;7-9H,1-2,4-6H2;6H,1-2,4-5H2;4H,1-3H2;;;;;;/q3*-1;;;;;;;;;. The van der Waals surface area contributed by atoms with E-state index in [1.54, 1.807) is 0 Å². The van der Waals surface area contributed by atoms with Crippen molar-refractivity contribution in [3.05, 3.63) is 17.8 Å². The molecule has 0 amide bonds. The molecule has 0 rings (SSSR count). The number of rotatable bonds is 10. The van der Waals surface area contributed by atoms with Crippen LogP contribution in [0.15, 0.2) is 0 Å². The van der Waals surface area contributed by atoms with Gasteiger partial charge in [-0.3, -0.25) is 0 Å². The average Bonchev–Trinajstić information content (AvgIpc) is 2.65. The molecule has 0 saturated carbocycles. The van der Waals surface area contributed by atoms with Crippen LogP contribution in [0.25, 0.3) is 0 Å². The third kappa shape index (κ3) is 207. The molecule has 0 saturated heterocycles. The Morgan fingerprint density at radius 2 is 0.872 bits per heavy atom. The van der Waals surface area contributed by atoms with Gasteiger partial charge in [0, 0.05) is 126 Å². The predicted molar refractivity (Wildman–Crippen MR) is 216 cm³/mol. The van der Waals surface area contributed by atoms with E-state index in [4.69, 9.17) is 9.47 Å². The Kier molecular flexibility index (Phi) is 174. The van der Waals surface area contributed by atoms with Gasteiger partial charge in [-0.1, -0.05) is 40.7 Å². The van der Waals surface area contributed by atoms with Crippen molar-refractivity contribution in [3.63, 3.8) is 0 Å². The van der Waals surface area contributed by atoms with E-state index in [1.807, 2.05) is 0 Å². The van der Waals surface area contributed by atoms with Crippen LogP contribution < -0.4 is 0 Å². The molecule has 0 heterocycles. The topological polar surface area (TPSA) is 18.5 Å². The van der Waals surface area contributed by atoms with Crippen LogP contribution in [0.4, 0.5) is 0 Å². The molecular weight excluding hydrogens is 1790 g/mol. The molecule has 0 aliphatic rings. The van der Waals surface area contributed by atoms with Gasteiger partial charge in [0.1, 0.15) is 0 Å². The molecule has 23 heteroatoms. The number of hydrogen-bond acceptors (Lipinski definition) is 2. The van der Waals surface area contributed by atoms with Gasteiger partial charge in [0.2, 0.25) is 0 Å². The van der Waals surface area contributed by atoms with E-state index in [0.29, 0.717) is 0 Å². The van der Waals surface area contributed by atoms with Gasteiger partial charge >= 0.3 is 0 Å². The van der Waals surface area contributed by atoms with Gasteiger partial charge in [0.15, 0.2) is 0 Å². The Morgan fingerprint density at radius 1 is 0.564 bits per heavy atom. The third-order valence-electron chi connectivity index (χ3n) is 1.08. The summed E-state index contributed by atoms with van der Waals surface area (Å²) in [6.07, 6.45) is 3.57. The summed E-state index contributed by atoms with van der Waals surface area (Å²) >= 11 is 0. The van der Waals surface area contributed by atoms with Gasteiger partial charge < -0.3 is 27.2 Å². The minimum absolute atomic E-state index is 0. The summed E-state index contributed by atoms with van der Waals surface area (Å²) in [5.41, 5.74) is 0. The Labute approximate surface area is 362 Å². The molecule has 0 aromatic heterocycles. The first-order valence-electron chi connectivity index (χ1n) is 9.72. The van der Waals surface area contributed by atoms with Crippen LogP contribution in [-0.2, 0) is 136 Å². The number of ether oxygens (including phenoxy) is 2. The normalized spacial score (nSPS) is 9.69. The van der Waals surface area contributed by atoms with E-state index in [-0.39, 0.29) is 140 Å². The monoisotopic (exact) mass is 1850 g/mol. The molecule has 0 N–H and O–H groups in total. The molecule has 246 valence electrons. The second kappa shape index (κ2) is 82.1. The van der Waals surface area contributed by atoms with Crippen LogP contribution in [0.2, 0.25) is 0 Å². The quantitative estimate of drug-likeness (QED) is 0.123. The summed E-state index contributed by atoms with van der Waals surface area (Å²) in [5.74, 6) is 4.25. The Balaban J connectivity index is -0.0000000226. The summed E-state index contributed by atoms with van der Waals surface area (Å²) in [5, 5.41) is 0. The van der Waals surface area contributed by atoms with E-state index in [2.05, 4.69) is 134 Å². The van der Waals surface area contributed by atoms with Crippen LogP contribution >= 0.6 is 126 Å². The van der Waals surface area contributed by atoms with Crippen molar-refractivity contribution in [1.29, 1.82) is 0 Å². The van der Waals surface area contributed by atoms with Crippen LogP contribution in [0.5, 0.6) is 0 Å². The van der Waals surface area contributed by atoms with Crippen molar-refractivity contribution in [2.45, 2.75) is 62.3 Å². The Hall–Kier alpha value is 10.5. The maximum Gasteiger partial charge on any atom is 0.0682 e. The fraction of sp³-hybridized carbons (Fsp3) is 0.812. The Bertz CT molecular complexity index is 274. The summed E-state index contributed by atoms with van der Waals surface area (Å²) in [4.78, 5) is 0. The van der Waals surface area contributed by atoms with Crippen molar-refractivity contribution in [2.24, 2.45) is 0 Å². The van der Waals surface area contributed by atoms with Crippen LogP contribution in [-0.4, -0.2) is 25.4 Å². The van der Waals surface area contributed by atoms with Gasteiger partial charge in [0.05, 0.1) is 25.4 Å². The summed E-state index contributed by atoms with van der Waals surface area (Å²) in [7, 11) is 26.5. The Morgan fingerprint density at radius 3 is 1.03 bits per heavy atom. The van der Waals surface area contributed by atoms with E-state index < -0.39 is 0 Å². The fourth-order valence-electron chi connectivity index (χ4n) is 0.382. The largest absolute Gasteiger partial charge is 0.373 e. The first-order chi connectivity index (χ1) is 15.2. The zero-order chi connectivity index (χ0) is 27.7. The van der Waals surface area contributed by atoms with Gasteiger partial charge in [-0.15, -0.1) is 71.7 Å². The zero-order valence-corrected chi connectivity index (χ0v) is 58.2. The van der Waals surface area contributed by atoms with E-state index >= 15 is 0 Å². The summed E-state index contributed by atoms with van der Waals surface area (Å²) < 4.78 is 10.3. The SMILES string of the molecule is C[C-](C)C.C[C-](C)C.C[C-](C)C.PCOCPP.PPP(P)P.PPPCOCPP(P)P.[W].[W].[W].[W].[W].[W]. The molecule has 13 unspecified atom stereocenters. The second-order valence-electron chi connectivity index (χ2n) is 7.13. The molecule has 0 aromatic rings. The molecule has 0 aliphatic heterocycles. The van der Waals surface area contributed by atoms with Gasteiger partial charge in [-0.05, 0) is 14.0 Å². The molecule has 13 atom stereocenters. The zero-order valence-electron chi connectivity index (χ0n) is 24.6. The predicted octanol–water partition coefficient (Wildman–Crippen LogP) is 12.2. The molecule has 0 aromatic carbocycles. The molecule has 0 radical (unpaired) electrons. The van der Waals surface area contributed by atoms with Crippen LogP contribution in [0.1, 0.15) is 62.3 Å². The van der Waals surface area contributed by atoms with E-state index in [0.717, 1.165) is 66.1 Å². The molecular formula is C16H56O2P15W6-3. The van der Waals surface area contributed by atoms with E-state index in [9.17, 15) is 0 Å². The van der Waals surface area contributed by atoms with Crippen LogP contribution in [0, 0.1) is 17.8 Å². The van der Waals surface area contributed by atoms with Gasteiger partial charge in [0.25, 0.3) is 0 Å². The van der Waals surface area contributed by atoms with Crippen molar-refractivity contribution in [1.82, 2.24) is 0 Å². The maximum atomic E-state index is 5.39. The average molecular weight is 1850 g/mol. The number of hydrogen-bond donors (Lipinski definition) is 0. The fourth-order valence-corrected chi connectivity index (χ4v) is 5.53. The first kappa shape index (κ1) is 82.8. The van der Waals surface area contributed by atoms with Gasteiger partial charge in [-0.2, -0.15) is 62.3 Å². The van der Waals surface area contributed by atoms with Crippen molar-refractivity contribution in [2.75, 3.05) is 25.4 Å². The second-order valence-corrected chi connectivity index (χ2v) is 40.9. The molecule has 2 nitrogen and oxygen atoms in total. The van der Waals surface area contributed by atoms with Crippen LogP contribution in [0.3, 0.4) is 0 Å². The van der Waals surface area contributed by atoms with E-state index in [1.165, 1.54) is 17.8 Å². The minimum atomic E-state index is 0. The maximum absolute atomic E-state index is 5.39. The summed E-state index contributed by atoms with van der Waals surface area (Å²) in [6, 6.07) is 0. The van der Waals surface area contributed by atoms with Crippen molar-refractivity contribution >= 4 is 126 Å². The van der Waals surface area contributed by atoms with Crippen molar-refractivity contribution in [3.8, 4) is 0 Å². The molecule has 0 spiro atoms.